The lowest BCUT2D eigenvalue weighted by atomic mass is 10.2. The Morgan fingerprint density at radius 1 is 1.21 bits per heavy atom. The maximum atomic E-state index is 10.8. The summed E-state index contributed by atoms with van der Waals surface area (Å²) in [5.41, 5.74) is 1.92. The number of nitro benzene ring substituents is 1. The molecule has 9 nitrogen and oxygen atoms in total. The predicted octanol–water partition coefficient (Wildman–Crippen LogP) is 3.66. The number of nitro groups is 1. The van der Waals surface area contributed by atoms with Gasteiger partial charge in [-0.15, -0.1) is 5.11 Å². The van der Waals surface area contributed by atoms with Crippen molar-refractivity contribution in [1.82, 2.24) is 0 Å². The Bertz CT molecular complexity index is 896. The van der Waals surface area contributed by atoms with Gasteiger partial charge in [0.25, 0.3) is 5.69 Å². The Kier molecular flexibility index (Phi) is 6.76. The normalized spacial score (nSPS) is 11.4. The number of benzene rings is 2. The topological polar surface area (TPSA) is 121 Å². The zero-order valence-electron chi connectivity index (χ0n) is 16.2. The van der Waals surface area contributed by atoms with Crippen molar-refractivity contribution in [2.75, 3.05) is 38.6 Å². The zero-order chi connectivity index (χ0) is 20.7. The minimum atomic E-state index is -0.551. The molecule has 0 fully saturated rings. The Balaban J connectivity index is 2.14. The number of quaternary nitrogens is 1. The number of nitriles is 1. The van der Waals surface area contributed by atoms with Crippen LogP contribution in [0.3, 0.4) is 0 Å². The van der Waals surface area contributed by atoms with Gasteiger partial charge in [-0.2, -0.15) is 16.2 Å². The molecular formula is C19H24N7O2+. The molecule has 0 aromatic heterocycles. The standard InChI is InChI=1S/C19H24N7O2/c1-4-24(11-12-26(2,3)21)17-7-5-16(6-8-17)22-23-19-10-9-18(25(27)28)13-15(19)14-20/h5-10,13H,4,11-12,21H2,1-3H3/q+1. The number of likely N-dealkylation sites (N-methyl/N-ethyl adjacent to an activating group) is 2. The molecule has 0 aliphatic rings. The first-order chi connectivity index (χ1) is 13.2. The molecule has 2 aromatic rings. The molecule has 146 valence electrons. The Hall–Kier alpha value is -3.35. The van der Waals surface area contributed by atoms with Gasteiger partial charge in [-0.05, 0) is 37.3 Å². The van der Waals surface area contributed by atoms with Crippen LogP contribution in [0.4, 0.5) is 22.7 Å². The van der Waals surface area contributed by atoms with Gasteiger partial charge < -0.3 is 4.90 Å². The lowest BCUT2D eigenvalue weighted by Crippen LogP contribution is -2.51. The van der Waals surface area contributed by atoms with Crippen LogP contribution in [0.5, 0.6) is 0 Å². The number of rotatable bonds is 8. The molecule has 0 aliphatic heterocycles. The lowest BCUT2D eigenvalue weighted by Gasteiger charge is -2.28. The van der Waals surface area contributed by atoms with Gasteiger partial charge in [-0.3, -0.25) is 14.7 Å². The molecule has 2 aromatic carbocycles. The molecule has 0 unspecified atom stereocenters. The molecule has 28 heavy (non-hydrogen) atoms. The fourth-order valence-electron chi connectivity index (χ4n) is 2.50. The van der Waals surface area contributed by atoms with Crippen LogP contribution < -0.4 is 10.7 Å². The summed E-state index contributed by atoms with van der Waals surface area (Å²) in [7, 11) is 3.90. The van der Waals surface area contributed by atoms with E-state index < -0.39 is 4.92 Å². The minimum absolute atomic E-state index is 0.106. The third-order valence-electron chi connectivity index (χ3n) is 4.13. The molecule has 0 bridgehead atoms. The first kappa shape index (κ1) is 21.0. The van der Waals surface area contributed by atoms with Crippen LogP contribution in [0.25, 0.3) is 0 Å². The van der Waals surface area contributed by atoms with Gasteiger partial charge in [0.15, 0.2) is 0 Å². The third kappa shape index (κ3) is 5.84. The molecule has 2 N–H and O–H groups in total. The smallest absolute Gasteiger partial charge is 0.270 e. The number of hydrogen-bond donors (Lipinski definition) is 1. The van der Waals surface area contributed by atoms with Crippen molar-refractivity contribution in [2.24, 2.45) is 16.1 Å². The average Bonchev–Trinajstić information content (AvgIpc) is 2.66. The second kappa shape index (κ2) is 9.03. The Morgan fingerprint density at radius 3 is 2.43 bits per heavy atom. The van der Waals surface area contributed by atoms with E-state index in [2.05, 4.69) is 22.1 Å². The minimum Gasteiger partial charge on any atom is -0.366 e. The van der Waals surface area contributed by atoms with Gasteiger partial charge in [0.05, 0.1) is 36.8 Å². The van der Waals surface area contributed by atoms with Crippen LogP contribution in [-0.2, 0) is 0 Å². The van der Waals surface area contributed by atoms with Crippen LogP contribution in [0.1, 0.15) is 12.5 Å². The van der Waals surface area contributed by atoms with Crippen molar-refractivity contribution < 1.29 is 9.52 Å². The predicted molar refractivity (Wildman–Crippen MR) is 107 cm³/mol. The van der Waals surface area contributed by atoms with Crippen molar-refractivity contribution >= 4 is 22.7 Å². The van der Waals surface area contributed by atoms with E-state index in [4.69, 9.17) is 11.1 Å². The highest BCUT2D eigenvalue weighted by molar-refractivity contribution is 5.58. The quantitative estimate of drug-likeness (QED) is 0.245. The fourth-order valence-corrected chi connectivity index (χ4v) is 2.50. The molecule has 0 amide bonds. The first-order valence-corrected chi connectivity index (χ1v) is 8.80. The van der Waals surface area contributed by atoms with Gasteiger partial charge in [-0.1, -0.05) is 0 Å². The summed E-state index contributed by atoms with van der Waals surface area (Å²) in [5, 5.41) is 28.2. The van der Waals surface area contributed by atoms with Crippen LogP contribution >= 0.6 is 0 Å². The monoisotopic (exact) mass is 382 g/mol. The highest BCUT2D eigenvalue weighted by atomic mass is 16.6. The fraction of sp³-hybridized carbons (Fsp3) is 0.316. The van der Waals surface area contributed by atoms with Gasteiger partial charge in [0.2, 0.25) is 0 Å². The van der Waals surface area contributed by atoms with E-state index in [-0.39, 0.29) is 16.9 Å². The summed E-state index contributed by atoms with van der Waals surface area (Å²) >= 11 is 0. The Morgan fingerprint density at radius 2 is 1.89 bits per heavy atom. The molecule has 0 aliphatic carbocycles. The zero-order valence-corrected chi connectivity index (χ0v) is 16.2. The second-order valence-electron chi connectivity index (χ2n) is 6.87. The van der Waals surface area contributed by atoms with E-state index in [1.54, 1.807) is 0 Å². The maximum absolute atomic E-state index is 10.8. The highest BCUT2D eigenvalue weighted by Crippen LogP contribution is 2.27. The van der Waals surface area contributed by atoms with E-state index in [1.807, 2.05) is 44.4 Å². The number of azo groups is 1. The number of hydrogen-bond acceptors (Lipinski definition) is 7. The van der Waals surface area contributed by atoms with Crippen LogP contribution in [0, 0.1) is 21.4 Å². The summed E-state index contributed by atoms with van der Waals surface area (Å²) in [4.78, 5) is 12.5. The summed E-state index contributed by atoms with van der Waals surface area (Å²) < 4.78 is 0.402. The van der Waals surface area contributed by atoms with E-state index in [1.165, 1.54) is 18.2 Å². The summed E-state index contributed by atoms with van der Waals surface area (Å²) in [6.07, 6.45) is 0. The molecule has 0 saturated heterocycles. The molecular weight excluding hydrogens is 358 g/mol. The molecule has 0 saturated carbocycles. The number of non-ortho nitro benzene ring substituents is 1. The largest absolute Gasteiger partial charge is 0.366 e. The second-order valence-corrected chi connectivity index (χ2v) is 6.87. The van der Waals surface area contributed by atoms with E-state index in [0.717, 1.165) is 25.3 Å². The van der Waals surface area contributed by atoms with Crippen molar-refractivity contribution in [3.63, 3.8) is 0 Å². The van der Waals surface area contributed by atoms with Crippen LogP contribution in [0.15, 0.2) is 52.7 Å². The molecule has 0 radical (unpaired) electrons. The SMILES string of the molecule is CCN(CC[N+](C)(C)N)c1ccc(N=Nc2ccc([N+](=O)[O-])cc2C#N)cc1. The molecule has 0 spiro atoms. The van der Waals surface area contributed by atoms with Crippen molar-refractivity contribution in [3.8, 4) is 6.07 Å². The summed E-state index contributed by atoms with van der Waals surface area (Å²) in [5.74, 6) is 6.01. The number of anilines is 1. The average molecular weight is 382 g/mol. The van der Waals surface area contributed by atoms with Crippen molar-refractivity contribution in [2.45, 2.75) is 6.92 Å². The summed E-state index contributed by atoms with van der Waals surface area (Å²) in [6.45, 7) is 4.58. The number of nitrogens with zero attached hydrogens (tertiary/aromatic N) is 6. The van der Waals surface area contributed by atoms with Gasteiger partial charge >= 0.3 is 0 Å². The molecule has 0 atom stereocenters. The van der Waals surface area contributed by atoms with Crippen molar-refractivity contribution in [3.05, 3.63) is 58.1 Å². The third-order valence-corrected chi connectivity index (χ3v) is 4.13. The molecule has 9 heteroatoms. The molecule has 2 rings (SSSR count). The van der Waals surface area contributed by atoms with Gasteiger partial charge in [0, 0.05) is 24.4 Å². The van der Waals surface area contributed by atoms with Gasteiger partial charge in [0.1, 0.15) is 18.3 Å². The highest BCUT2D eigenvalue weighted by Gasteiger charge is 2.13. The first-order valence-electron chi connectivity index (χ1n) is 8.80. The molecule has 0 heterocycles. The van der Waals surface area contributed by atoms with Crippen LogP contribution in [-0.4, -0.2) is 43.2 Å². The Labute approximate surface area is 164 Å². The van der Waals surface area contributed by atoms with E-state index >= 15 is 0 Å². The lowest BCUT2D eigenvalue weighted by molar-refractivity contribution is -0.900. The van der Waals surface area contributed by atoms with E-state index in [0.29, 0.717) is 10.3 Å². The summed E-state index contributed by atoms with van der Waals surface area (Å²) in [6, 6.07) is 13.4. The van der Waals surface area contributed by atoms with Gasteiger partial charge in [-0.25, -0.2) is 0 Å². The maximum Gasteiger partial charge on any atom is 0.270 e. The van der Waals surface area contributed by atoms with Crippen molar-refractivity contribution in [1.29, 1.82) is 5.26 Å². The van der Waals surface area contributed by atoms with Crippen LogP contribution in [0.2, 0.25) is 0 Å². The number of nitrogens with two attached hydrogens (primary N) is 1. The van der Waals surface area contributed by atoms with E-state index in [9.17, 15) is 10.1 Å².